The highest BCUT2D eigenvalue weighted by Gasteiger charge is 2.27. The van der Waals surface area contributed by atoms with E-state index in [1.54, 1.807) is 18.2 Å². The van der Waals surface area contributed by atoms with E-state index in [0.717, 1.165) is 30.4 Å². The summed E-state index contributed by atoms with van der Waals surface area (Å²) >= 11 is 0. The molecule has 1 aliphatic carbocycles. The summed E-state index contributed by atoms with van der Waals surface area (Å²) in [6.07, 6.45) is 3.56. The second kappa shape index (κ2) is 6.28. The SMILES string of the molecule is O=C1CCCc2cc(S(=O)(=O)N[C@@H]3CCc4ccccc43)ccc2N1. The van der Waals surface area contributed by atoms with Gasteiger partial charge in [-0.15, -0.1) is 0 Å². The van der Waals surface area contributed by atoms with E-state index < -0.39 is 10.0 Å². The van der Waals surface area contributed by atoms with Crippen LogP contribution in [0, 0.1) is 0 Å². The van der Waals surface area contributed by atoms with Crippen molar-refractivity contribution < 1.29 is 13.2 Å². The van der Waals surface area contributed by atoms with Gasteiger partial charge in [0.2, 0.25) is 15.9 Å². The normalized spacial score (nSPS) is 19.7. The first-order valence-electron chi connectivity index (χ1n) is 8.56. The average molecular weight is 356 g/mol. The van der Waals surface area contributed by atoms with Gasteiger partial charge in [0.05, 0.1) is 4.90 Å². The number of benzene rings is 2. The number of fused-ring (bicyclic) bond motifs is 2. The molecular formula is C19H20N2O3S. The molecule has 0 spiro atoms. The highest BCUT2D eigenvalue weighted by Crippen LogP contribution is 2.32. The van der Waals surface area contributed by atoms with Gasteiger partial charge in [0, 0.05) is 18.2 Å². The summed E-state index contributed by atoms with van der Waals surface area (Å²) in [5.74, 6) is -0.0185. The van der Waals surface area contributed by atoms with Crippen LogP contribution in [0.15, 0.2) is 47.4 Å². The maximum atomic E-state index is 12.8. The van der Waals surface area contributed by atoms with Crippen molar-refractivity contribution in [2.75, 3.05) is 5.32 Å². The van der Waals surface area contributed by atoms with Gasteiger partial charge in [0.15, 0.2) is 0 Å². The van der Waals surface area contributed by atoms with Gasteiger partial charge < -0.3 is 5.32 Å². The standard InChI is InChI=1S/C19H20N2O3S/c22-19-7-3-5-14-12-15(9-11-17(14)20-19)25(23,24)21-18-10-8-13-4-1-2-6-16(13)18/h1-2,4,6,9,11-12,18,21H,3,5,7-8,10H2,(H,20,22)/t18-/m1/s1. The molecule has 2 aromatic rings. The highest BCUT2D eigenvalue weighted by atomic mass is 32.2. The summed E-state index contributed by atoms with van der Waals surface area (Å²) in [7, 11) is -3.61. The van der Waals surface area contributed by atoms with Crippen molar-refractivity contribution in [1.29, 1.82) is 0 Å². The van der Waals surface area contributed by atoms with Crippen LogP contribution in [0.3, 0.4) is 0 Å². The Balaban J connectivity index is 1.61. The van der Waals surface area contributed by atoms with E-state index in [1.165, 1.54) is 5.56 Å². The van der Waals surface area contributed by atoms with E-state index in [2.05, 4.69) is 16.1 Å². The Hall–Kier alpha value is -2.18. The summed E-state index contributed by atoms with van der Waals surface area (Å²) in [5.41, 5.74) is 3.86. The molecule has 2 aromatic carbocycles. The van der Waals surface area contributed by atoms with Gasteiger partial charge in [-0.1, -0.05) is 24.3 Å². The number of amides is 1. The van der Waals surface area contributed by atoms with Crippen LogP contribution in [-0.2, 0) is 27.7 Å². The lowest BCUT2D eigenvalue weighted by Gasteiger charge is -2.16. The third-order valence-corrected chi connectivity index (χ3v) is 6.41. The zero-order chi connectivity index (χ0) is 17.4. The molecule has 0 saturated carbocycles. The average Bonchev–Trinajstić information content (AvgIpc) is 2.88. The van der Waals surface area contributed by atoms with Gasteiger partial charge in [-0.2, -0.15) is 0 Å². The fourth-order valence-corrected chi connectivity index (χ4v) is 4.95. The van der Waals surface area contributed by atoms with Crippen LogP contribution in [0.4, 0.5) is 5.69 Å². The van der Waals surface area contributed by atoms with Crippen molar-refractivity contribution in [3.8, 4) is 0 Å². The molecule has 0 bridgehead atoms. The molecule has 130 valence electrons. The molecule has 0 unspecified atom stereocenters. The zero-order valence-electron chi connectivity index (χ0n) is 13.8. The molecule has 0 radical (unpaired) electrons. The molecule has 0 saturated heterocycles. The van der Waals surface area contributed by atoms with Gasteiger partial charge >= 0.3 is 0 Å². The quantitative estimate of drug-likeness (QED) is 0.888. The predicted octanol–water partition coefficient (Wildman–Crippen LogP) is 2.93. The van der Waals surface area contributed by atoms with Crippen LogP contribution in [0.1, 0.15) is 42.0 Å². The summed E-state index contributed by atoms with van der Waals surface area (Å²) in [6, 6.07) is 12.7. The number of carbonyl (C=O) groups excluding carboxylic acids is 1. The minimum atomic E-state index is -3.61. The van der Waals surface area contributed by atoms with Gasteiger partial charge in [0.25, 0.3) is 0 Å². The van der Waals surface area contributed by atoms with Crippen molar-refractivity contribution >= 4 is 21.6 Å². The molecule has 1 atom stereocenters. The Morgan fingerprint density at radius 2 is 1.84 bits per heavy atom. The Bertz CT molecular complexity index is 937. The monoisotopic (exact) mass is 356 g/mol. The van der Waals surface area contributed by atoms with Crippen LogP contribution < -0.4 is 10.0 Å². The van der Waals surface area contributed by atoms with E-state index in [-0.39, 0.29) is 16.8 Å². The molecule has 1 aliphatic heterocycles. The van der Waals surface area contributed by atoms with Crippen LogP contribution in [0.5, 0.6) is 0 Å². The fraction of sp³-hybridized carbons (Fsp3) is 0.316. The van der Waals surface area contributed by atoms with Crippen molar-refractivity contribution in [3.05, 3.63) is 59.2 Å². The second-order valence-corrected chi connectivity index (χ2v) is 8.35. The number of hydrogen-bond acceptors (Lipinski definition) is 3. The van der Waals surface area contributed by atoms with Crippen molar-refractivity contribution in [1.82, 2.24) is 4.72 Å². The maximum Gasteiger partial charge on any atom is 0.241 e. The summed E-state index contributed by atoms with van der Waals surface area (Å²) in [6.45, 7) is 0. The summed E-state index contributed by atoms with van der Waals surface area (Å²) in [4.78, 5) is 11.9. The fourth-order valence-electron chi connectivity index (χ4n) is 3.65. The second-order valence-electron chi connectivity index (χ2n) is 6.63. The molecule has 5 nitrogen and oxygen atoms in total. The molecule has 1 heterocycles. The number of carbonyl (C=O) groups is 1. The van der Waals surface area contributed by atoms with Gasteiger partial charge in [0.1, 0.15) is 0 Å². The largest absolute Gasteiger partial charge is 0.326 e. The molecule has 4 rings (SSSR count). The molecular weight excluding hydrogens is 336 g/mol. The Labute approximate surface area is 147 Å². The first kappa shape index (κ1) is 16.3. The summed E-state index contributed by atoms with van der Waals surface area (Å²) in [5, 5.41) is 2.83. The number of hydrogen-bond donors (Lipinski definition) is 2. The molecule has 6 heteroatoms. The molecule has 0 fully saturated rings. The Morgan fingerprint density at radius 1 is 1.00 bits per heavy atom. The minimum absolute atomic E-state index is 0.0185. The van der Waals surface area contributed by atoms with E-state index >= 15 is 0 Å². The predicted molar refractivity (Wildman–Crippen MR) is 95.8 cm³/mol. The third-order valence-electron chi connectivity index (χ3n) is 4.94. The lowest BCUT2D eigenvalue weighted by Crippen LogP contribution is -2.27. The molecule has 2 aliphatic rings. The van der Waals surface area contributed by atoms with Crippen molar-refractivity contribution in [2.24, 2.45) is 0 Å². The van der Waals surface area contributed by atoms with Crippen LogP contribution >= 0.6 is 0 Å². The van der Waals surface area contributed by atoms with Gasteiger partial charge in [-0.3, -0.25) is 4.79 Å². The number of aryl methyl sites for hydroxylation is 2. The maximum absolute atomic E-state index is 12.8. The van der Waals surface area contributed by atoms with Crippen LogP contribution in [0.25, 0.3) is 0 Å². The molecule has 25 heavy (non-hydrogen) atoms. The third kappa shape index (κ3) is 3.19. The molecule has 1 amide bonds. The van der Waals surface area contributed by atoms with E-state index in [1.807, 2.05) is 18.2 Å². The minimum Gasteiger partial charge on any atom is -0.326 e. The number of rotatable bonds is 3. The lowest BCUT2D eigenvalue weighted by atomic mass is 10.1. The smallest absolute Gasteiger partial charge is 0.241 e. The molecule has 0 aromatic heterocycles. The van der Waals surface area contributed by atoms with Crippen LogP contribution in [-0.4, -0.2) is 14.3 Å². The Morgan fingerprint density at radius 3 is 2.72 bits per heavy atom. The topological polar surface area (TPSA) is 75.3 Å². The first-order chi connectivity index (χ1) is 12.0. The van der Waals surface area contributed by atoms with Gasteiger partial charge in [-0.25, -0.2) is 13.1 Å². The first-order valence-corrected chi connectivity index (χ1v) is 10.0. The number of anilines is 1. The zero-order valence-corrected chi connectivity index (χ0v) is 14.6. The van der Waals surface area contributed by atoms with E-state index in [9.17, 15) is 13.2 Å². The van der Waals surface area contributed by atoms with E-state index in [4.69, 9.17) is 0 Å². The number of sulfonamides is 1. The van der Waals surface area contributed by atoms with E-state index in [0.29, 0.717) is 18.5 Å². The lowest BCUT2D eigenvalue weighted by molar-refractivity contribution is -0.116. The van der Waals surface area contributed by atoms with Crippen molar-refractivity contribution in [2.45, 2.75) is 43.0 Å². The molecule has 2 N–H and O–H groups in total. The van der Waals surface area contributed by atoms with Crippen molar-refractivity contribution in [3.63, 3.8) is 0 Å². The number of nitrogens with one attached hydrogen (secondary N) is 2. The Kier molecular flexibility index (Phi) is 4.09. The summed E-state index contributed by atoms with van der Waals surface area (Å²) < 4.78 is 28.5. The highest BCUT2D eigenvalue weighted by molar-refractivity contribution is 7.89. The van der Waals surface area contributed by atoms with Crippen LogP contribution in [0.2, 0.25) is 0 Å². The van der Waals surface area contributed by atoms with Gasteiger partial charge in [-0.05, 0) is 60.6 Å².